The zero-order valence-electron chi connectivity index (χ0n) is 13.1. The summed E-state index contributed by atoms with van der Waals surface area (Å²) in [5, 5.41) is 3.64. The number of nitrogens with zero attached hydrogens (tertiary/aromatic N) is 1. The van der Waals surface area contributed by atoms with E-state index in [9.17, 15) is 0 Å². The zero-order chi connectivity index (χ0) is 15.1. The lowest BCUT2D eigenvalue weighted by molar-refractivity contribution is 0.311. The third kappa shape index (κ3) is 4.05. The highest BCUT2D eigenvalue weighted by atomic mass is 32.1. The second-order valence-corrected chi connectivity index (χ2v) is 5.96. The van der Waals surface area contributed by atoms with Crippen molar-refractivity contribution in [1.82, 2.24) is 10.3 Å². The van der Waals surface area contributed by atoms with Gasteiger partial charge in [-0.05, 0) is 32.4 Å². The fourth-order valence-electron chi connectivity index (χ4n) is 2.28. The fraction of sp³-hybridized carbons (Fsp3) is 0.471. The molecule has 21 heavy (non-hydrogen) atoms. The molecule has 0 aliphatic rings. The maximum absolute atomic E-state index is 5.93. The molecule has 0 aliphatic heterocycles. The monoisotopic (exact) mass is 304 g/mol. The summed E-state index contributed by atoms with van der Waals surface area (Å²) >= 11 is 1.71. The molecule has 2 aromatic rings. The van der Waals surface area contributed by atoms with Crippen molar-refractivity contribution >= 4 is 11.3 Å². The van der Waals surface area contributed by atoms with Crippen molar-refractivity contribution in [2.75, 3.05) is 13.2 Å². The molecule has 2 rings (SSSR count). The number of thiazole rings is 1. The number of benzene rings is 1. The molecular weight excluding hydrogens is 280 g/mol. The summed E-state index contributed by atoms with van der Waals surface area (Å²) in [7, 11) is 0. The van der Waals surface area contributed by atoms with Crippen LogP contribution in [-0.4, -0.2) is 18.1 Å². The molecule has 4 heteroatoms. The van der Waals surface area contributed by atoms with E-state index >= 15 is 0 Å². The summed E-state index contributed by atoms with van der Waals surface area (Å²) in [6.45, 7) is 8.11. The van der Waals surface area contributed by atoms with E-state index in [0.29, 0.717) is 0 Å². The second-order valence-electron chi connectivity index (χ2n) is 5.08. The van der Waals surface area contributed by atoms with Crippen molar-refractivity contribution in [3.63, 3.8) is 0 Å². The number of hydrogen-bond donors (Lipinski definition) is 1. The predicted octanol–water partition coefficient (Wildman–Crippen LogP) is 4.33. The molecule has 0 spiro atoms. The summed E-state index contributed by atoms with van der Waals surface area (Å²) in [6, 6.07) is 8.47. The molecule has 0 saturated carbocycles. The maximum Gasteiger partial charge on any atom is 0.124 e. The van der Waals surface area contributed by atoms with Crippen LogP contribution in [0.3, 0.4) is 0 Å². The lowest BCUT2D eigenvalue weighted by Gasteiger charge is -2.21. The minimum absolute atomic E-state index is 0.158. The van der Waals surface area contributed by atoms with Crippen LogP contribution in [0.1, 0.15) is 48.9 Å². The van der Waals surface area contributed by atoms with Gasteiger partial charge in [0.2, 0.25) is 0 Å². The summed E-state index contributed by atoms with van der Waals surface area (Å²) in [5.41, 5.74) is 4.21. The highest BCUT2D eigenvalue weighted by molar-refractivity contribution is 7.09. The normalized spacial score (nSPS) is 12.3. The van der Waals surface area contributed by atoms with E-state index in [2.05, 4.69) is 49.3 Å². The molecule has 1 atom stereocenters. The molecule has 1 aromatic heterocycles. The molecule has 114 valence electrons. The Kier molecular flexibility index (Phi) is 6.21. The highest BCUT2D eigenvalue weighted by Gasteiger charge is 2.21. The third-order valence-corrected chi connectivity index (χ3v) is 4.33. The Morgan fingerprint density at radius 2 is 2.05 bits per heavy atom. The molecule has 0 saturated heterocycles. The Morgan fingerprint density at radius 1 is 1.24 bits per heavy atom. The Balaban J connectivity index is 2.34. The first-order chi connectivity index (χ1) is 10.3. The first-order valence-corrected chi connectivity index (χ1v) is 8.51. The van der Waals surface area contributed by atoms with Gasteiger partial charge in [0.25, 0.3) is 0 Å². The second kappa shape index (κ2) is 8.15. The van der Waals surface area contributed by atoms with Gasteiger partial charge in [-0.1, -0.05) is 32.0 Å². The maximum atomic E-state index is 5.93. The topological polar surface area (TPSA) is 34.1 Å². The summed E-state index contributed by atoms with van der Waals surface area (Å²) in [4.78, 5) is 5.67. The van der Waals surface area contributed by atoms with Crippen molar-refractivity contribution in [2.24, 2.45) is 0 Å². The van der Waals surface area contributed by atoms with Crippen LogP contribution in [0.5, 0.6) is 5.75 Å². The molecule has 0 radical (unpaired) electrons. The van der Waals surface area contributed by atoms with Gasteiger partial charge in [-0.3, -0.25) is 0 Å². The van der Waals surface area contributed by atoms with Gasteiger partial charge in [-0.15, -0.1) is 11.3 Å². The van der Waals surface area contributed by atoms with E-state index in [-0.39, 0.29) is 6.04 Å². The number of rotatable bonds is 8. The average molecular weight is 304 g/mol. The van der Waals surface area contributed by atoms with E-state index in [1.807, 2.05) is 11.6 Å². The van der Waals surface area contributed by atoms with Crippen LogP contribution in [0.25, 0.3) is 0 Å². The molecule has 1 unspecified atom stereocenters. The van der Waals surface area contributed by atoms with E-state index in [1.54, 1.807) is 11.3 Å². The van der Waals surface area contributed by atoms with Crippen LogP contribution in [0, 0.1) is 6.92 Å². The van der Waals surface area contributed by atoms with Crippen molar-refractivity contribution in [3.8, 4) is 5.75 Å². The number of aryl methyl sites for hydroxylation is 1. The number of para-hydroxylation sites is 1. The summed E-state index contributed by atoms with van der Waals surface area (Å²) in [6.07, 6.45) is 2.12. The molecule has 1 aromatic carbocycles. The average Bonchev–Trinajstić information content (AvgIpc) is 2.93. The minimum Gasteiger partial charge on any atom is -0.493 e. The Morgan fingerprint density at radius 3 is 2.71 bits per heavy atom. The SMILES string of the molecule is CCCNC(c1ccccc1OCCC)c1scnc1C. The van der Waals surface area contributed by atoms with Gasteiger partial charge in [0, 0.05) is 10.4 Å². The standard InChI is InChI=1S/C17H24N2OS/c1-4-10-18-16(17-13(3)19-12-21-17)14-8-6-7-9-15(14)20-11-5-2/h6-9,12,16,18H,4-5,10-11H2,1-3H3. The summed E-state index contributed by atoms with van der Waals surface area (Å²) in [5.74, 6) is 0.973. The van der Waals surface area contributed by atoms with Crippen LogP contribution in [-0.2, 0) is 0 Å². The van der Waals surface area contributed by atoms with Gasteiger partial charge in [0.05, 0.1) is 23.9 Å². The van der Waals surface area contributed by atoms with Gasteiger partial charge in [-0.2, -0.15) is 0 Å². The Hall–Kier alpha value is -1.39. The predicted molar refractivity (Wildman–Crippen MR) is 89.2 cm³/mol. The Labute approximate surface area is 131 Å². The molecule has 1 heterocycles. The molecule has 1 N–H and O–H groups in total. The van der Waals surface area contributed by atoms with E-state index in [0.717, 1.165) is 37.4 Å². The largest absolute Gasteiger partial charge is 0.493 e. The first kappa shape index (κ1) is 16.0. The van der Waals surface area contributed by atoms with Crippen LogP contribution in [0.4, 0.5) is 0 Å². The number of hydrogen-bond acceptors (Lipinski definition) is 4. The van der Waals surface area contributed by atoms with Crippen LogP contribution in [0.2, 0.25) is 0 Å². The van der Waals surface area contributed by atoms with Crippen molar-refractivity contribution in [3.05, 3.63) is 45.9 Å². The first-order valence-electron chi connectivity index (χ1n) is 7.63. The van der Waals surface area contributed by atoms with Crippen molar-refractivity contribution in [2.45, 2.75) is 39.7 Å². The van der Waals surface area contributed by atoms with E-state index in [1.165, 1.54) is 10.4 Å². The summed E-state index contributed by atoms with van der Waals surface area (Å²) < 4.78 is 5.93. The molecule has 0 aliphatic carbocycles. The quantitative estimate of drug-likeness (QED) is 0.788. The highest BCUT2D eigenvalue weighted by Crippen LogP contribution is 2.33. The third-order valence-electron chi connectivity index (χ3n) is 3.33. The van der Waals surface area contributed by atoms with Crippen LogP contribution in [0.15, 0.2) is 29.8 Å². The smallest absolute Gasteiger partial charge is 0.124 e. The lowest BCUT2D eigenvalue weighted by Crippen LogP contribution is -2.23. The van der Waals surface area contributed by atoms with Gasteiger partial charge >= 0.3 is 0 Å². The van der Waals surface area contributed by atoms with Gasteiger partial charge in [0.1, 0.15) is 5.75 Å². The molecule has 3 nitrogen and oxygen atoms in total. The van der Waals surface area contributed by atoms with Gasteiger partial charge < -0.3 is 10.1 Å². The molecular formula is C17H24N2OS. The molecule has 0 amide bonds. The van der Waals surface area contributed by atoms with E-state index < -0.39 is 0 Å². The van der Waals surface area contributed by atoms with Crippen molar-refractivity contribution < 1.29 is 4.74 Å². The van der Waals surface area contributed by atoms with Gasteiger partial charge in [0.15, 0.2) is 0 Å². The molecule has 0 bridgehead atoms. The van der Waals surface area contributed by atoms with Crippen molar-refractivity contribution in [1.29, 1.82) is 0 Å². The lowest BCUT2D eigenvalue weighted by atomic mass is 10.0. The van der Waals surface area contributed by atoms with Crippen LogP contribution >= 0.6 is 11.3 Å². The van der Waals surface area contributed by atoms with Gasteiger partial charge in [-0.25, -0.2) is 4.98 Å². The Bertz CT molecular complexity index is 553. The minimum atomic E-state index is 0.158. The number of nitrogens with one attached hydrogen (secondary N) is 1. The molecule has 0 fully saturated rings. The van der Waals surface area contributed by atoms with E-state index in [4.69, 9.17) is 4.74 Å². The fourth-order valence-corrected chi connectivity index (χ4v) is 3.18. The van der Waals surface area contributed by atoms with Crippen LogP contribution < -0.4 is 10.1 Å². The number of ether oxygens (including phenoxy) is 1. The number of aromatic nitrogens is 1. The zero-order valence-corrected chi connectivity index (χ0v) is 13.9.